The number of carboxylic acid groups (broad SMARTS) is 1. The molecule has 122 valence electrons. The third-order valence-electron chi connectivity index (χ3n) is 3.81. The summed E-state index contributed by atoms with van der Waals surface area (Å²) in [6.45, 7) is 0.381. The summed E-state index contributed by atoms with van der Waals surface area (Å²) in [6, 6.07) is 3.16. The molecule has 0 aliphatic heterocycles. The molecule has 2 N–H and O–H groups in total. The van der Waals surface area contributed by atoms with Crippen LogP contribution in [0.2, 0.25) is 0 Å². The van der Waals surface area contributed by atoms with Gasteiger partial charge in [0.1, 0.15) is 0 Å². The average molecular weight is 318 g/mol. The third-order valence-corrected chi connectivity index (χ3v) is 3.81. The Labute approximate surface area is 133 Å². The maximum Gasteiger partial charge on any atom is 0.336 e. The number of nitro groups is 1. The number of amides is 1. The number of benzene rings is 1. The fraction of sp³-hybridized carbons (Fsp3) is 0.375. The van der Waals surface area contributed by atoms with E-state index in [2.05, 4.69) is 11.4 Å². The van der Waals surface area contributed by atoms with Gasteiger partial charge in [-0.05, 0) is 38.2 Å². The maximum atomic E-state index is 12.2. The van der Waals surface area contributed by atoms with Crippen molar-refractivity contribution in [3.05, 3.63) is 51.1 Å². The summed E-state index contributed by atoms with van der Waals surface area (Å²) in [4.78, 5) is 33.5. The largest absolute Gasteiger partial charge is 0.478 e. The van der Waals surface area contributed by atoms with Crippen LogP contribution in [0.5, 0.6) is 0 Å². The van der Waals surface area contributed by atoms with Crippen LogP contribution in [0.1, 0.15) is 52.8 Å². The summed E-state index contributed by atoms with van der Waals surface area (Å²) in [5.41, 5.74) is 0.540. The lowest BCUT2D eigenvalue weighted by molar-refractivity contribution is -0.384. The van der Waals surface area contributed by atoms with Gasteiger partial charge in [-0.3, -0.25) is 14.9 Å². The highest BCUT2D eigenvalue weighted by Crippen LogP contribution is 2.20. The molecule has 1 aliphatic rings. The zero-order chi connectivity index (χ0) is 16.8. The smallest absolute Gasteiger partial charge is 0.336 e. The van der Waals surface area contributed by atoms with Crippen LogP contribution in [0.25, 0.3) is 0 Å². The SMILES string of the molecule is O=C(O)c1ccc([N+](=O)[O-])cc1C(=O)NCCC1=CCCCC1. The maximum absolute atomic E-state index is 12.2. The highest BCUT2D eigenvalue weighted by Gasteiger charge is 2.20. The Bertz CT molecular complexity index is 666. The molecule has 0 spiro atoms. The number of carboxylic acids is 1. The van der Waals surface area contributed by atoms with Crippen LogP contribution in [0.4, 0.5) is 5.69 Å². The molecule has 0 radical (unpaired) electrons. The zero-order valence-electron chi connectivity index (χ0n) is 12.6. The quantitative estimate of drug-likeness (QED) is 0.476. The van der Waals surface area contributed by atoms with Crippen molar-refractivity contribution in [2.45, 2.75) is 32.1 Å². The van der Waals surface area contributed by atoms with Crippen LogP contribution in [-0.4, -0.2) is 28.5 Å². The normalized spacial score (nSPS) is 14.0. The van der Waals surface area contributed by atoms with Gasteiger partial charge in [0.05, 0.1) is 16.1 Å². The molecular weight excluding hydrogens is 300 g/mol. The second-order valence-corrected chi connectivity index (χ2v) is 5.41. The Kier molecular flexibility index (Phi) is 5.46. The molecule has 7 nitrogen and oxygen atoms in total. The van der Waals surface area contributed by atoms with Gasteiger partial charge in [0.25, 0.3) is 11.6 Å². The number of carbonyl (C=O) groups is 2. The van der Waals surface area contributed by atoms with E-state index in [9.17, 15) is 19.7 Å². The topological polar surface area (TPSA) is 110 Å². The summed E-state index contributed by atoms with van der Waals surface area (Å²) in [5, 5.41) is 22.6. The van der Waals surface area contributed by atoms with Crippen molar-refractivity contribution in [3.8, 4) is 0 Å². The fourth-order valence-electron chi connectivity index (χ4n) is 2.58. The minimum Gasteiger partial charge on any atom is -0.478 e. The first-order valence-electron chi connectivity index (χ1n) is 7.47. The van der Waals surface area contributed by atoms with Crippen LogP contribution < -0.4 is 5.32 Å². The summed E-state index contributed by atoms with van der Waals surface area (Å²) < 4.78 is 0. The molecule has 1 aromatic rings. The molecule has 0 atom stereocenters. The minimum absolute atomic E-state index is 0.190. The van der Waals surface area contributed by atoms with E-state index < -0.39 is 16.8 Å². The highest BCUT2D eigenvalue weighted by atomic mass is 16.6. The monoisotopic (exact) mass is 318 g/mol. The Balaban J connectivity index is 2.07. The molecule has 1 aromatic carbocycles. The molecule has 0 saturated carbocycles. The van der Waals surface area contributed by atoms with Gasteiger partial charge >= 0.3 is 5.97 Å². The van der Waals surface area contributed by atoms with Crippen LogP contribution in [0, 0.1) is 10.1 Å². The Morgan fingerprint density at radius 1 is 1.26 bits per heavy atom. The number of nitrogens with one attached hydrogen (secondary N) is 1. The zero-order valence-corrected chi connectivity index (χ0v) is 12.6. The minimum atomic E-state index is -1.29. The van der Waals surface area contributed by atoms with Gasteiger partial charge in [-0.25, -0.2) is 4.79 Å². The number of hydrogen-bond donors (Lipinski definition) is 2. The number of non-ortho nitro benzene ring substituents is 1. The fourth-order valence-corrected chi connectivity index (χ4v) is 2.58. The van der Waals surface area contributed by atoms with Crippen molar-refractivity contribution >= 4 is 17.6 Å². The number of nitrogens with zero attached hydrogens (tertiary/aromatic N) is 1. The van der Waals surface area contributed by atoms with Crippen molar-refractivity contribution in [1.29, 1.82) is 0 Å². The molecule has 23 heavy (non-hydrogen) atoms. The average Bonchev–Trinajstić information content (AvgIpc) is 2.55. The second-order valence-electron chi connectivity index (χ2n) is 5.41. The van der Waals surface area contributed by atoms with Gasteiger partial charge < -0.3 is 10.4 Å². The van der Waals surface area contributed by atoms with E-state index in [0.717, 1.165) is 37.5 Å². The van der Waals surface area contributed by atoms with Crippen molar-refractivity contribution < 1.29 is 19.6 Å². The molecule has 1 amide bonds. The number of carbonyl (C=O) groups excluding carboxylic acids is 1. The Morgan fingerprint density at radius 2 is 2.04 bits per heavy atom. The van der Waals surface area contributed by atoms with Crippen molar-refractivity contribution in [2.24, 2.45) is 0 Å². The van der Waals surface area contributed by atoms with E-state index in [1.165, 1.54) is 12.0 Å². The number of rotatable bonds is 6. The molecular formula is C16H18N2O5. The summed E-state index contributed by atoms with van der Waals surface area (Å²) in [6.07, 6.45) is 7.29. The molecule has 1 aliphatic carbocycles. The third kappa shape index (κ3) is 4.38. The van der Waals surface area contributed by atoms with Gasteiger partial charge in [0.15, 0.2) is 0 Å². The molecule has 2 rings (SSSR count). The van der Waals surface area contributed by atoms with E-state index in [0.29, 0.717) is 13.0 Å². The Hall–Kier alpha value is -2.70. The lowest BCUT2D eigenvalue weighted by Gasteiger charge is -2.13. The molecule has 0 saturated heterocycles. The summed E-state index contributed by atoms with van der Waals surface area (Å²) >= 11 is 0. The Morgan fingerprint density at radius 3 is 2.65 bits per heavy atom. The molecule has 0 heterocycles. The van der Waals surface area contributed by atoms with Gasteiger partial charge in [-0.15, -0.1) is 0 Å². The van der Waals surface area contributed by atoms with Crippen molar-refractivity contribution in [3.63, 3.8) is 0 Å². The predicted molar refractivity (Wildman–Crippen MR) is 83.6 cm³/mol. The lowest BCUT2D eigenvalue weighted by Crippen LogP contribution is -2.26. The first-order valence-corrected chi connectivity index (χ1v) is 7.47. The highest BCUT2D eigenvalue weighted by molar-refractivity contribution is 6.05. The van der Waals surface area contributed by atoms with Gasteiger partial charge in [0.2, 0.25) is 0 Å². The van der Waals surface area contributed by atoms with E-state index in [1.54, 1.807) is 0 Å². The molecule has 0 unspecified atom stereocenters. The van der Waals surface area contributed by atoms with Crippen LogP contribution in [0.3, 0.4) is 0 Å². The second kappa shape index (κ2) is 7.53. The predicted octanol–water partition coefficient (Wildman–Crippen LogP) is 2.91. The van der Waals surface area contributed by atoms with E-state index in [-0.39, 0.29) is 16.8 Å². The number of allylic oxidation sites excluding steroid dienone is 1. The molecule has 7 heteroatoms. The molecule has 0 fully saturated rings. The van der Waals surface area contributed by atoms with Crippen LogP contribution in [-0.2, 0) is 0 Å². The molecule has 0 aromatic heterocycles. The van der Waals surface area contributed by atoms with Crippen LogP contribution in [0.15, 0.2) is 29.8 Å². The van der Waals surface area contributed by atoms with Gasteiger partial charge in [-0.2, -0.15) is 0 Å². The number of hydrogen-bond acceptors (Lipinski definition) is 4. The van der Waals surface area contributed by atoms with Crippen LogP contribution >= 0.6 is 0 Å². The van der Waals surface area contributed by atoms with Crippen molar-refractivity contribution in [1.82, 2.24) is 5.32 Å². The van der Waals surface area contributed by atoms with E-state index in [1.807, 2.05) is 0 Å². The van der Waals surface area contributed by atoms with E-state index in [4.69, 9.17) is 5.11 Å². The van der Waals surface area contributed by atoms with Gasteiger partial charge in [0, 0.05) is 18.7 Å². The number of aromatic carboxylic acids is 1. The molecule has 0 bridgehead atoms. The standard InChI is InChI=1S/C16H18N2O5/c19-15(17-9-8-11-4-2-1-3-5-11)14-10-12(18(22)23)6-7-13(14)16(20)21/h4,6-7,10H,1-3,5,8-9H2,(H,17,19)(H,20,21). The number of nitro benzene ring substituents is 1. The summed E-state index contributed by atoms with van der Waals surface area (Å²) in [5.74, 6) is -1.90. The summed E-state index contributed by atoms with van der Waals surface area (Å²) in [7, 11) is 0. The first-order chi connectivity index (χ1) is 11.0. The van der Waals surface area contributed by atoms with E-state index >= 15 is 0 Å². The lowest BCUT2D eigenvalue weighted by atomic mass is 9.97. The van der Waals surface area contributed by atoms with Gasteiger partial charge in [-0.1, -0.05) is 11.6 Å². The first kappa shape index (κ1) is 16.7. The van der Waals surface area contributed by atoms with Crippen molar-refractivity contribution in [2.75, 3.05) is 6.54 Å².